The van der Waals surface area contributed by atoms with E-state index in [2.05, 4.69) is 15.2 Å². The fraction of sp³-hybridized carbons (Fsp3) is 0.500. The number of amides is 1. The molecule has 4 rings (SSSR count). The molecular weight excluding hydrogens is 304 g/mol. The van der Waals surface area contributed by atoms with Crippen molar-refractivity contribution in [2.24, 2.45) is 5.92 Å². The lowest BCUT2D eigenvalue weighted by Crippen LogP contribution is -2.30. The number of ether oxygens (including phenoxy) is 1. The molecule has 126 valence electrons. The number of carbonyl (C=O) groups excluding carboxylic acids is 1. The van der Waals surface area contributed by atoms with E-state index in [4.69, 9.17) is 9.72 Å². The van der Waals surface area contributed by atoms with Crippen LogP contribution in [0.4, 0.5) is 11.6 Å². The lowest BCUT2D eigenvalue weighted by molar-refractivity contribution is -0.122. The van der Waals surface area contributed by atoms with Crippen LogP contribution in [0, 0.1) is 5.92 Å². The lowest BCUT2D eigenvalue weighted by atomic mass is 9.99. The van der Waals surface area contributed by atoms with Gasteiger partial charge in [-0.3, -0.25) is 4.79 Å². The zero-order valence-corrected chi connectivity index (χ0v) is 13.7. The van der Waals surface area contributed by atoms with E-state index in [9.17, 15) is 4.79 Å². The van der Waals surface area contributed by atoms with E-state index in [0.717, 1.165) is 55.6 Å². The number of hydrogen-bond donors (Lipinski definition) is 1. The summed E-state index contributed by atoms with van der Waals surface area (Å²) in [7, 11) is 0. The molecule has 3 heterocycles. The zero-order valence-electron chi connectivity index (χ0n) is 13.7. The van der Waals surface area contributed by atoms with E-state index in [1.165, 1.54) is 0 Å². The fourth-order valence-corrected chi connectivity index (χ4v) is 3.40. The first-order valence-electron chi connectivity index (χ1n) is 8.71. The van der Waals surface area contributed by atoms with Gasteiger partial charge in [-0.1, -0.05) is 12.1 Å². The van der Waals surface area contributed by atoms with Crippen LogP contribution < -0.4 is 10.2 Å². The summed E-state index contributed by atoms with van der Waals surface area (Å²) in [6.07, 6.45) is 3.85. The van der Waals surface area contributed by atoms with Gasteiger partial charge in [-0.15, -0.1) is 0 Å². The highest BCUT2D eigenvalue weighted by Crippen LogP contribution is 2.28. The Labute approximate surface area is 141 Å². The van der Waals surface area contributed by atoms with Gasteiger partial charge in [0.05, 0.1) is 11.0 Å². The molecular formula is C18H22N4O2. The average molecular weight is 326 g/mol. The van der Waals surface area contributed by atoms with Crippen molar-refractivity contribution in [2.45, 2.75) is 25.7 Å². The quantitative estimate of drug-likeness (QED) is 0.939. The average Bonchev–Trinajstić information content (AvgIpc) is 3.16. The van der Waals surface area contributed by atoms with Crippen LogP contribution in [0.3, 0.4) is 0 Å². The van der Waals surface area contributed by atoms with Crippen molar-refractivity contribution in [3.05, 3.63) is 24.3 Å². The lowest BCUT2D eigenvalue weighted by Gasteiger charge is -2.23. The summed E-state index contributed by atoms with van der Waals surface area (Å²) < 4.78 is 5.35. The number of anilines is 2. The van der Waals surface area contributed by atoms with Crippen LogP contribution in [0.25, 0.3) is 11.0 Å². The minimum absolute atomic E-state index is 0.00144. The summed E-state index contributed by atoms with van der Waals surface area (Å²) >= 11 is 0. The molecule has 2 aromatic rings. The number of rotatable bonds is 3. The van der Waals surface area contributed by atoms with Gasteiger partial charge in [0.1, 0.15) is 0 Å². The Balaban J connectivity index is 1.66. The highest BCUT2D eigenvalue weighted by molar-refractivity contribution is 5.95. The van der Waals surface area contributed by atoms with Crippen LogP contribution in [0.5, 0.6) is 0 Å². The maximum absolute atomic E-state index is 12.6. The van der Waals surface area contributed by atoms with Crippen molar-refractivity contribution in [2.75, 3.05) is 36.5 Å². The number of hydrogen-bond acceptors (Lipinski definition) is 5. The largest absolute Gasteiger partial charge is 0.381 e. The minimum atomic E-state index is -0.00144. The first-order valence-corrected chi connectivity index (χ1v) is 8.71. The van der Waals surface area contributed by atoms with Gasteiger partial charge in [-0.05, 0) is 37.8 Å². The molecule has 0 radical (unpaired) electrons. The van der Waals surface area contributed by atoms with Gasteiger partial charge < -0.3 is 15.0 Å². The third-order valence-corrected chi connectivity index (χ3v) is 4.79. The predicted octanol–water partition coefficient (Wildman–Crippen LogP) is 2.60. The topological polar surface area (TPSA) is 67.4 Å². The molecule has 0 atom stereocenters. The van der Waals surface area contributed by atoms with Gasteiger partial charge in [-0.2, -0.15) is 0 Å². The summed E-state index contributed by atoms with van der Waals surface area (Å²) in [5, 5.41) is 3.04. The molecule has 1 N–H and O–H groups in total. The van der Waals surface area contributed by atoms with Gasteiger partial charge in [0.15, 0.2) is 11.6 Å². The number of carbonyl (C=O) groups is 1. The first-order chi connectivity index (χ1) is 11.8. The number of aromatic nitrogens is 2. The van der Waals surface area contributed by atoms with Crippen molar-refractivity contribution in [1.82, 2.24) is 9.97 Å². The third kappa shape index (κ3) is 3.06. The molecule has 0 spiro atoms. The number of para-hydroxylation sites is 2. The molecule has 2 fully saturated rings. The monoisotopic (exact) mass is 326 g/mol. The molecule has 2 aliphatic heterocycles. The zero-order chi connectivity index (χ0) is 16.4. The van der Waals surface area contributed by atoms with Crippen molar-refractivity contribution in [3.63, 3.8) is 0 Å². The van der Waals surface area contributed by atoms with Gasteiger partial charge in [0, 0.05) is 32.2 Å². The molecule has 0 bridgehead atoms. The summed E-state index contributed by atoms with van der Waals surface area (Å²) in [5.41, 5.74) is 1.67. The Bertz CT molecular complexity index is 737. The Morgan fingerprint density at radius 3 is 2.46 bits per heavy atom. The van der Waals surface area contributed by atoms with Crippen LogP contribution in [0.15, 0.2) is 24.3 Å². The van der Waals surface area contributed by atoms with Crippen LogP contribution in [0.1, 0.15) is 25.7 Å². The van der Waals surface area contributed by atoms with E-state index in [-0.39, 0.29) is 11.8 Å². The summed E-state index contributed by atoms with van der Waals surface area (Å²) in [6, 6.07) is 7.80. The van der Waals surface area contributed by atoms with Gasteiger partial charge in [0.25, 0.3) is 0 Å². The Hall–Kier alpha value is -2.21. The second-order valence-corrected chi connectivity index (χ2v) is 6.45. The van der Waals surface area contributed by atoms with Crippen LogP contribution >= 0.6 is 0 Å². The maximum Gasteiger partial charge on any atom is 0.228 e. The number of nitrogens with zero attached hydrogens (tertiary/aromatic N) is 3. The van der Waals surface area contributed by atoms with E-state index >= 15 is 0 Å². The van der Waals surface area contributed by atoms with Gasteiger partial charge >= 0.3 is 0 Å². The molecule has 1 aromatic heterocycles. The normalized spacial score (nSPS) is 18.9. The second kappa shape index (κ2) is 6.73. The maximum atomic E-state index is 12.6. The summed E-state index contributed by atoms with van der Waals surface area (Å²) in [5.74, 6) is 1.42. The molecule has 1 aromatic carbocycles. The van der Waals surface area contributed by atoms with Crippen molar-refractivity contribution in [3.8, 4) is 0 Å². The van der Waals surface area contributed by atoms with Crippen LogP contribution in [-0.2, 0) is 9.53 Å². The van der Waals surface area contributed by atoms with E-state index < -0.39 is 0 Å². The Morgan fingerprint density at radius 1 is 1.08 bits per heavy atom. The highest BCUT2D eigenvalue weighted by Gasteiger charge is 2.25. The molecule has 0 aliphatic carbocycles. The highest BCUT2D eigenvalue weighted by atomic mass is 16.5. The molecule has 0 saturated carbocycles. The van der Waals surface area contributed by atoms with E-state index in [0.29, 0.717) is 19.0 Å². The number of fused-ring (bicyclic) bond motifs is 1. The molecule has 2 saturated heterocycles. The molecule has 2 aliphatic rings. The van der Waals surface area contributed by atoms with E-state index in [1.54, 1.807) is 0 Å². The summed E-state index contributed by atoms with van der Waals surface area (Å²) in [6.45, 7) is 3.24. The summed E-state index contributed by atoms with van der Waals surface area (Å²) in [4.78, 5) is 24.3. The first kappa shape index (κ1) is 15.3. The van der Waals surface area contributed by atoms with Crippen molar-refractivity contribution < 1.29 is 9.53 Å². The molecule has 24 heavy (non-hydrogen) atoms. The third-order valence-electron chi connectivity index (χ3n) is 4.79. The number of benzene rings is 1. The van der Waals surface area contributed by atoms with Crippen molar-refractivity contribution >= 4 is 28.6 Å². The predicted molar refractivity (Wildman–Crippen MR) is 93.2 cm³/mol. The molecule has 6 heteroatoms. The Kier molecular flexibility index (Phi) is 4.30. The SMILES string of the molecule is O=C(Nc1nc2ccccc2nc1N1CCCC1)C1CCOCC1. The molecule has 6 nitrogen and oxygen atoms in total. The van der Waals surface area contributed by atoms with Gasteiger partial charge in [-0.25, -0.2) is 9.97 Å². The number of nitrogens with one attached hydrogen (secondary N) is 1. The molecule has 1 amide bonds. The van der Waals surface area contributed by atoms with E-state index in [1.807, 2.05) is 24.3 Å². The smallest absolute Gasteiger partial charge is 0.228 e. The Morgan fingerprint density at radius 2 is 1.75 bits per heavy atom. The second-order valence-electron chi connectivity index (χ2n) is 6.45. The fourth-order valence-electron chi connectivity index (χ4n) is 3.40. The molecule has 0 unspecified atom stereocenters. The minimum Gasteiger partial charge on any atom is -0.381 e. The standard InChI is InChI=1S/C18H22N4O2/c23-18(13-7-11-24-12-8-13)21-16-17(22-9-3-4-10-22)20-15-6-2-1-5-14(15)19-16/h1-2,5-6,13H,3-4,7-12H2,(H,19,21,23). The van der Waals surface area contributed by atoms with Crippen molar-refractivity contribution in [1.29, 1.82) is 0 Å². The van der Waals surface area contributed by atoms with Crippen LogP contribution in [-0.4, -0.2) is 42.2 Å². The van der Waals surface area contributed by atoms with Crippen LogP contribution in [0.2, 0.25) is 0 Å². The van der Waals surface area contributed by atoms with Gasteiger partial charge in [0.2, 0.25) is 5.91 Å².